The van der Waals surface area contributed by atoms with Gasteiger partial charge < -0.3 is 9.47 Å². The molecular formula is C16H19BrO5. The van der Waals surface area contributed by atoms with Crippen LogP contribution in [0.1, 0.15) is 20.8 Å². The summed E-state index contributed by atoms with van der Waals surface area (Å²) in [5, 5.41) is 0. The van der Waals surface area contributed by atoms with E-state index >= 15 is 0 Å². The molecule has 0 aromatic carbocycles. The molecule has 0 radical (unpaired) electrons. The maximum atomic E-state index is 12.7. The van der Waals surface area contributed by atoms with Gasteiger partial charge in [-0.3, -0.25) is 4.89 Å². The average Bonchev–Trinajstić information content (AvgIpc) is 2.95. The zero-order valence-electron chi connectivity index (χ0n) is 12.8. The third-order valence-corrected chi connectivity index (χ3v) is 8.97. The van der Waals surface area contributed by atoms with Gasteiger partial charge in [-0.2, -0.15) is 4.89 Å². The minimum Gasteiger partial charge on any atom is -0.346 e. The van der Waals surface area contributed by atoms with Crippen LogP contribution in [0.4, 0.5) is 0 Å². The number of rotatable bonds is 2. The maximum absolute atomic E-state index is 12.7. The lowest BCUT2D eigenvalue weighted by Crippen LogP contribution is -2.94. The summed E-state index contributed by atoms with van der Waals surface area (Å²) in [6.45, 7) is 6.98. The third-order valence-electron chi connectivity index (χ3n) is 7.36. The van der Waals surface area contributed by atoms with Gasteiger partial charge in [-0.1, -0.05) is 15.9 Å². The van der Waals surface area contributed by atoms with E-state index in [4.69, 9.17) is 19.2 Å². The molecule has 8 atom stereocenters. The normalized spacial score (nSPS) is 60.2. The van der Waals surface area contributed by atoms with E-state index in [1.54, 1.807) is 0 Å². The first-order valence-electron chi connectivity index (χ1n) is 8.19. The molecule has 4 unspecified atom stereocenters. The molecule has 6 saturated carbocycles. The number of hydrogen-bond acceptors (Lipinski definition) is 5. The fraction of sp³-hybridized carbons (Fsp3) is 0.938. The Morgan fingerprint density at radius 2 is 1.59 bits per heavy atom. The van der Waals surface area contributed by atoms with Crippen molar-refractivity contribution in [2.75, 3.05) is 13.2 Å². The van der Waals surface area contributed by atoms with E-state index in [1.165, 1.54) is 0 Å². The number of carbonyl (C=O) groups is 1. The van der Waals surface area contributed by atoms with Crippen LogP contribution in [0, 0.1) is 40.9 Å². The predicted molar refractivity (Wildman–Crippen MR) is 76.6 cm³/mol. The second kappa shape index (κ2) is 3.17. The first-order chi connectivity index (χ1) is 10.3. The van der Waals surface area contributed by atoms with E-state index in [1.807, 2.05) is 20.8 Å². The minimum absolute atomic E-state index is 0.0475. The van der Waals surface area contributed by atoms with Crippen LogP contribution in [0.5, 0.6) is 0 Å². The molecule has 7 fully saturated rings. The summed E-state index contributed by atoms with van der Waals surface area (Å²) in [5.41, 5.74) is -0.763. The summed E-state index contributed by atoms with van der Waals surface area (Å²) < 4.78 is 12.1. The number of carbonyl (C=O) groups excluding carboxylic acids is 1. The Hall–Kier alpha value is -0.170. The number of ether oxygens (including phenoxy) is 2. The lowest BCUT2D eigenvalue weighted by Gasteiger charge is -2.89. The van der Waals surface area contributed by atoms with Gasteiger partial charge in [0.05, 0.1) is 23.0 Å². The van der Waals surface area contributed by atoms with Crippen LogP contribution in [0.15, 0.2) is 0 Å². The van der Waals surface area contributed by atoms with Crippen molar-refractivity contribution in [3.05, 3.63) is 0 Å². The van der Waals surface area contributed by atoms with Crippen LogP contribution in [0.25, 0.3) is 0 Å². The molecule has 1 spiro atoms. The first kappa shape index (κ1) is 13.2. The van der Waals surface area contributed by atoms with Crippen molar-refractivity contribution >= 4 is 21.9 Å². The van der Waals surface area contributed by atoms with Gasteiger partial charge in [0.15, 0.2) is 5.79 Å². The van der Waals surface area contributed by atoms with Crippen LogP contribution < -0.4 is 0 Å². The number of halogens is 1. The van der Waals surface area contributed by atoms with E-state index in [9.17, 15) is 4.79 Å². The Kier molecular flexibility index (Phi) is 1.90. The van der Waals surface area contributed by atoms with Crippen molar-refractivity contribution in [1.82, 2.24) is 0 Å². The minimum atomic E-state index is -0.473. The molecule has 6 aliphatic carbocycles. The van der Waals surface area contributed by atoms with Crippen molar-refractivity contribution in [2.24, 2.45) is 40.9 Å². The van der Waals surface area contributed by atoms with Gasteiger partial charge in [0, 0.05) is 5.92 Å². The summed E-state index contributed by atoms with van der Waals surface area (Å²) in [6, 6.07) is 0. The molecule has 1 heterocycles. The molecule has 22 heavy (non-hydrogen) atoms. The highest BCUT2D eigenvalue weighted by Gasteiger charge is 3.11. The van der Waals surface area contributed by atoms with E-state index < -0.39 is 11.4 Å². The molecule has 0 aromatic rings. The van der Waals surface area contributed by atoms with Crippen LogP contribution in [-0.2, 0) is 24.0 Å². The summed E-state index contributed by atoms with van der Waals surface area (Å²) in [4.78, 5) is 23.2. The van der Waals surface area contributed by atoms with Gasteiger partial charge in [-0.15, -0.1) is 0 Å². The summed E-state index contributed by atoms with van der Waals surface area (Å²) in [7, 11) is 0. The number of alkyl halides is 1. The highest BCUT2D eigenvalue weighted by Crippen LogP contribution is 3.04. The lowest BCUT2D eigenvalue weighted by atomic mass is 9.13. The summed E-state index contributed by atoms with van der Waals surface area (Å²) in [5.74, 6) is 1.88. The van der Waals surface area contributed by atoms with Gasteiger partial charge in [0.1, 0.15) is 5.60 Å². The Labute approximate surface area is 137 Å². The van der Waals surface area contributed by atoms with Crippen molar-refractivity contribution in [2.45, 2.75) is 36.5 Å². The predicted octanol–water partition coefficient (Wildman–Crippen LogP) is 1.89. The monoisotopic (exact) mass is 370 g/mol. The van der Waals surface area contributed by atoms with Gasteiger partial charge in [-0.25, -0.2) is 4.79 Å². The number of hydrogen-bond donors (Lipinski definition) is 0. The molecule has 0 aromatic heterocycles. The topological polar surface area (TPSA) is 54.0 Å². The van der Waals surface area contributed by atoms with Gasteiger partial charge in [0.2, 0.25) is 0 Å². The van der Waals surface area contributed by atoms with Crippen molar-refractivity contribution in [3.63, 3.8) is 0 Å². The molecule has 1 saturated heterocycles. The summed E-state index contributed by atoms with van der Waals surface area (Å²) in [6.07, 6.45) is 0. The standard InChI is InChI=1S/C16H19BrO5/c1-13(2,3)22-21-12(18)14-6-9-7(14)11-8(14)10(6)15(9,17)16(11)19-4-5-20-16/h6-11H,4-5H2,1-3H3/t6?,7-,8+,9+,10-,11?,14?,15?. The third kappa shape index (κ3) is 0.871. The van der Waals surface area contributed by atoms with E-state index in [-0.39, 0.29) is 15.7 Å². The zero-order valence-corrected chi connectivity index (χ0v) is 14.4. The van der Waals surface area contributed by atoms with Crippen LogP contribution in [0.3, 0.4) is 0 Å². The quantitative estimate of drug-likeness (QED) is 0.422. The second-order valence-electron chi connectivity index (χ2n) is 8.79. The molecule has 6 heteroatoms. The molecule has 7 rings (SSSR count). The van der Waals surface area contributed by atoms with Gasteiger partial charge in [-0.05, 0) is 50.4 Å². The van der Waals surface area contributed by atoms with Crippen molar-refractivity contribution in [1.29, 1.82) is 0 Å². The molecular weight excluding hydrogens is 352 g/mol. The van der Waals surface area contributed by atoms with Crippen LogP contribution >= 0.6 is 15.9 Å². The van der Waals surface area contributed by atoms with Crippen molar-refractivity contribution in [3.8, 4) is 0 Å². The van der Waals surface area contributed by atoms with E-state index in [2.05, 4.69) is 15.9 Å². The SMILES string of the molecule is CC(C)(C)OOC(=O)C12C3[C@@H]4[C@H]1C1[C@H]2[C@H]3C4(Br)C12OCCO2. The highest BCUT2D eigenvalue weighted by atomic mass is 79.9. The first-order valence-corrected chi connectivity index (χ1v) is 8.98. The molecule has 0 amide bonds. The average molecular weight is 371 g/mol. The molecule has 1 aliphatic heterocycles. The Morgan fingerprint density at radius 1 is 1.05 bits per heavy atom. The highest BCUT2D eigenvalue weighted by molar-refractivity contribution is 9.10. The smallest absolute Gasteiger partial charge is 0.346 e. The molecule has 120 valence electrons. The second-order valence-corrected chi connectivity index (χ2v) is 10.1. The van der Waals surface area contributed by atoms with Gasteiger partial charge >= 0.3 is 5.97 Å². The Morgan fingerprint density at radius 3 is 2.14 bits per heavy atom. The maximum Gasteiger partial charge on any atom is 0.349 e. The largest absolute Gasteiger partial charge is 0.349 e. The van der Waals surface area contributed by atoms with Gasteiger partial charge in [0.25, 0.3) is 0 Å². The Balaban J connectivity index is 1.32. The van der Waals surface area contributed by atoms with Crippen LogP contribution in [-0.4, -0.2) is 34.9 Å². The van der Waals surface area contributed by atoms with E-state index in [0.29, 0.717) is 48.7 Å². The fourth-order valence-electron chi connectivity index (χ4n) is 7.26. The molecule has 7 aliphatic rings. The van der Waals surface area contributed by atoms with Crippen molar-refractivity contribution < 1.29 is 24.0 Å². The van der Waals surface area contributed by atoms with Crippen LogP contribution in [0.2, 0.25) is 0 Å². The molecule has 2 bridgehead atoms. The zero-order chi connectivity index (χ0) is 15.3. The molecule has 5 nitrogen and oxygen atoms in total. The fourth-order valence-corrected chi connectivity index (χ4v) is 8.89. The molecule has 0 N–H and O–H groups in total. The summed E-state index contributed by atoms with van der Waals surface area (Å²) >= 11 is 3.98. The lowest BCUT2D eigenvalue weighted by molar-refractivity contribution is -0.440. The Bertz CT molecular complexity index is 599. The van der Waals surface area contributed by atoms with E-state index in [0.717, 1.165) is 0 Å².